The maximum absolute atomic E-state index is 11.9. The molecule has 0 radical (unpaired) electrons. The molecule has 0 aliphatic heterocycles. The minimum Gasteiger partial charge on any atom is -0.507 e. The summed E-state index contributed by atoms with van der Waals surface area (Å²) in [5.74, 6) is -3.67. The quantitative estimate of drug-likeness (QED) is 0.119. The van der Waals surface area contributed by atoms with Gasteiger partial charge in [0.1, 0.15) is 5.76 Å². The fourth-order valence-corrected chi connectivity index (χ4v) is 4.33. The molecule has 186 valence electrons. The van der Waals surface area contributed by atoms with E-state index >= 15 is 0 Å². The second kappa shape index (κ2) is 13.7. The van der Waals surface area contributed by atoms with Crippen LogP contribution in [0.5, 0.6) is 0 Å². The zero-order chi connectivity index (χ0) is 25.1. The predicted molar refractivity (Wildman–Crippen MR) is 128 cm³/mol. The molecule has 0 spiro atoms. The van der Waals surface area contributed by atoms with Crippen LogP contribution in [0.25, 0.3) is 0 Å². The van der Waals surface area contributed by atoms with Gasteiger partial charge in [-0.3, -0.25) is 19.2 Å². The molecule has 0 aromatic heterocycles. The van der Waals surface area contributed by atoms with Crippen molar-refractivity contribution in [3.63, 3.8) is 0 Å². The van der Waals surface area contributed by atoms with E-state index in [1.807, 2.05) is 0 Å². The number of ketones is 4. The molecule has 0 aromatic rings. The Morgan fingerprint density at radius 2 is 0.941 bits per heavy atom. The van der Waals surface area contributed by atoms with Gasteiger partial charge in [0.15, 0.2) is 11.5 Å². The third kappa shape index (κ3) is 7.82. The number of allylic oxidation sites excluding steroid dienone is 5. The average molecular weight is 473 g/mol. The first-order valence-electron chi connectivity index (χ1n) is 12.3. The van der Waals surface area contributed by atoms with Crippen molar-refractivity contribution < 1.29 is 34.5 Å². The van der Waals surface area contributed by atoms with E-state index in [1.54, 1.807) is 6.92 Å². The summed E-state index contributed by atoms with van der Waals surface area (Å²) in [5, 5.41) is 29.2. The first-order chi connectivity index (χ1) is 16.2. The molecule has 7 heteroatoms. The van der Waals surface area contributed by atoms with E-state index in [2.05, 4.69) is 0 Å². The van der Waals surface area contributed by atoms with E-state index in [0.717, 1.165) is 63.9 Å². The summed E-state index contributed by atoms with van der Waals surface area (Å²) < 4.78 is 0. The van der Waals surface area contributed by atoms with Crippen LogP contribution in [0.2, 0.25) is 0 Å². The van der Waals surface area contributed by atoms with Crippen LogP contribution in [0.3, 0.4) is 0 Å². The van der Waals surface area contributed by atoms with Gasteiger partial charge < -0.3 is 15.3 Å². The van der Waals surface area contributed by atoms with E-state index in [-0.39, 0.29) is 16.9 Å². The third-order valence-corrected chi connectivity index (χ3v) is 6.40. The van der Waals surface area contributed by atoms with Gasteiger partial charge in [-0.25, -0.2) is 0 Å². The number of unbranched alkanes of at least 4 members (excludes halogenated alkanes) is 11. The van der Waals surface area contributed by atoms with Gasteiger partial charge >= 0.3 is 0 Å². The van der Waals surface area contributed by atoms with Crippen LogP contribution in [0.4, 0.5) is 0 Å². The highest BCUT2D eigenvalue weighted by atomic mass is 16.3. The van der Waals surface area contributed by atoms with Crippen molar-refractivity contribution in [2.75, 3.05) is 0 Å². The van der Waals surface area contributed by atoms with Gasteiger partial charge in [0.2, 0.25) is 23.1 Å². The van der Waals surface area contributed by atoms with Crippen LogP contribution >= 0.6 is 0 Å². The molecule has 0 aromatic carbocycles. The standard InChI is InChI=1S/C27H36O7/c1-18-16-21(28)25(32)19(24(18)31)14-12-10-8-6-4-2-3-5-7-9-11-13-15-20-26(33)22(29)17-23(30)27(20)34/h16-17,29,31,34H,2-15H2,1H3. The lowest BCUT2D eigenvalue weighted by molar-refractivity contribution is -0.132. The Hall–Kier alpha value is -2.96. The zero-order valence-corrected chi connectivity index (χ0v) is 20.0. The Morgan fingerprint density at radius 1 is 0.529 bits per heavy atom. The first kappa shape index (κ1) is 27.3. The van der Waals surface area contributed by atoms with Crippen molar-refractivity contribution in [3.8, 4) is 0 Å². The lowest BCUT2D eigenvalue weighted by Crippen LogP contribution is -2.20. The molecule has 0 heterocycles. The number of carbonyl (C=O) groups excluding carboxylic acids is 4. The SMILES string of the molecule is CC1=CC(=O)C(=O)C(CCCCCCCCCCCCCCC2=C(O)C(=O)C=C(O)C2=O)=C1O. The molecule has 3 N–H and O–H groups in total. The summed E-state index contributed by atoms with van der Waals surface area (Å²) in [7, 11) is 0. The zero-order valence-electron chi connectivity index (χ0n) is 20.0. The van der Waals surface area contributed by atoms with Crippen LogP contribution < -0.4 is 0 Å². The predicted octanol–water partition coefficient (Wildman–Crippen LogP) is 5.76. The molecule has 0 atom stereocenters. The van der Waals surface area contributed by atoms with Gasteiger partial charge in [-0.15, -0.1) is 0 Å². The van der Waals surface area contributed by atoms with Crippen LogP contribution in [0, 0.1) is 0 Å². The molecular weight excluding hydrogens is 436 g/mol. The van der Waals surface area contributed by atoms with Gasteiger partial charge in [0.05, 0.1) is 0 Å². The normalized spacial score (nSPS) is 17.0. The Kier molecular flexibility index (Phi) is 11.0. The van der Waals surface area contributed by atoms with Crippen molar-refractivity contribution in [2.24, 2.45) is 0 Å². The Labute approximate surface area is 200 Å². The van der Waals surface area contributed by atoms with Crippen molar-refractivity contribution in [1.29, 1.82) is 0 Å². The van der Waals surface area contributed by atoms with E-state index < -0.39 is 34.7 Å². The molecule has 7 nitrogen and oxygen atoms in total. The van der Waals surface area contributed by atoms with Crippen molar-refractivity contribution in [2.45, 2.75) is 96.8 Å². The Balaban J connectivity index is 1.44. The summed E-state index contributed by atoms with van der Waals surface area (Å²) >= 11 is 0. The van der Waals surface area contributed by atoms with Crippen LogP contribution in [0.15, 0.2) is 46.1 Å². The van der Waals surface area contributed by atoms with Gasteiger partial charge in [-0.05, 0) is 44.3 Å². The molecule has 0 saturated carbocycles. The number of aliphatic hydroxyl groups excluding tert-OH is 3. The number of aliphatic hydroxyl groups is 3. The highest BCUT2D eigenvalue weighted by molar-refractivity contribution is 6.48. The monoisotopic (exact) mass is 472 g/mol. The highest BCUT2D eigenvalue weighted by Crippen LogP contribution is 2.24. The fraction of sp³-hybridized carbons (Fsp3) is 0.556. The number of carbonyl (C=O) groups is 4. The molecule has 0 bridgehead atoms. The van der Waals surface area contributed by atoms with Crippen LogP contribution in [-0.4, -0.2) is 38.5 Å². The topological polar surface area (TPSA) is 129 Å². The largest absolute Gasteiger partial charge is 0.507 e. The maximum atomic E-state index is 11.9. The lowest BCUT2D eigenvalue weighted by Gasteiger charge is -2.13. The van der Waals surface area contributed by atoms with Gasteiger partial charge in [-0.2, -0.15) is 0 Å². The van der Waals surface area contributed by atoms with Crippen LogP contribution in [0.1, 0.15) is 96.8 Å². The number of Topliss-reactive ketones (excluding diaryl/α,β-unsaturated/α-hetero) is 2. The molecule has 34 heavy (non-hydrogen) atoms. The average Bonchev–Trinajstić information content (AvgIpc) is 2.80. The third-order valence-electron chi connectivity index (χ3n) is 6.40. The smallest absolute Gasteiger partial charge is 0.232 e. The minimum atomic E-state index is -0.716. The summed E-state index contributed by atoms with van der Waals surface area (Å²) in [6.45, 7) is 1.64. The van der Waals surface area contributed by atoms with E-state index in [4.69, 9.17) is 0 Å². The summed E-state index contributed by atoms with van der Waals surface area (Å²) in [5.41, 5.74) is 0.737. The number of hydrogen-bond acceptors (Lipinski definition) is 7. The molecule has 2 aliphatic carbocycles. The van der Waals surface area contributed by atoms with E-state index in [0.29, 0.717) is 24.8 Å². The molecule has 0 saturated heterocycles. The van der Waals surface area contributed by atoms with Crippen molar-refractivity contribution in [3.05, 3.63) is 46.1 Å². The molecule has 2 rings (SSSR count). The van der Waals surface area contributed by atoms with Gasteiger partial charge in [0, 0.05) is 17.2 Å². The summed E-state index contributed by atoms with van der Waals surface area (Å²) in [6.07, 6.45) is 15.0. The number of hydrogen-bond donors (Lipinski definition) is 3. The number of rotatable bonds is 15. The van der Waals surface area contributed by atoms with Gasteiger partial charge in [0.25, 0.3) is 0 Å². The van der Waals surface area contributed by atoms with E-state index in [1.165, 1.54) is 18.9 Å². The molecule has 0 unspecified atom stereocenters. The summed E-state index contributed by atoms with van der Waals surface area (Å²) in [4.78, 5) is 46.8. The first-order valence-corrected chi connectivity index (χ1v) is 12.3. The molecule has 0 amide bonds. The molecule has 2 aliphatic rings. The van der Waals surface area contributed by atoms with Crippen molar-refractivity contribution >= 4 is 23.1 Å². The summed E-state index contributed by atoms with van der Waals surface area (Å²) in [6, 6.07) is 0. The maximum Gasteiger partial charge on any atom is 0.232 e. The Bertz CT molecular complexity index is 931. The molecular formula is C27H36O7. The fourth-order valence-electron chi connectivity index (χ4n) is 4.33. The minimum absolute atomic E-state index is 0.0179. The second-order valence-electron chi connectivity index (χ2n) is 9.14. The van der Waals surface area contributed by atoms with Gasteiger partial charge in [-0.1, -0.05) is 64.2 Å². The van der Waals surface area contributed by atoms with E-state index in [9.17, 15) is 34.5 Å². The lowest BCUT2D eigenvalue weighted by atomic mass is 9.92. The van der Waals surface area contributed by atoms with Crippen molar-refractivity contribution in [1.82, 2.24) is 0 Å². The Morgan fingerprint density at radius 3 is 1.41 bits per heavy atom. The molecule has 0 fully saturated rings. The highest BCUT2D eigenvalue weighted by Gasteiger charge is 2.28. The van der Waals surface area contributed by atoms with Crippen LogP contribution in [-0.2, 0) is 19.2 Å². The second-order valence-corrected chi connectivity index (χ2v) is 9.14.